The minimum absolute atomic E-state index is 0.0512. The van der Waals surface area contributed by atoms with E-state index in [0.717, 1.165) is 12.0 Å². The van der Waals surface area contributed by atoms with Gasteiger partial charge < -0.3 is 24.4 Å². The molecule has 3 heterocycles. The molecule has 196 valence electrons. The van der Waals surface area contributed by atoms with Gasteiger partial charge in [-0.05, 0) is 31.2 Å². The lowest BCUT2D eigenvalue weighted by Crippen LogP contribution is -2.59. The standard InChI is InChI=1S/C28H38N2O6/c1-5-15-29(16-19-11-9-8-10-12-19)26(33)24-28-14-13-21(36-28)22(27(34)35-7-3)23(28)25(32)30(24)20(17-31)18(4)6-2/h5,8-12,18,20-24,31H,1,6-7,13-17H2,2-4H3/t18-,20-,21-,22+,23+,24-,28+/m0/s1. The van der Waals surface area contributed by atoms with Crippen LogP contribution in [-0.2, 0) is 30.4 Å². The number of esters is 1. The molecule has 1 spiro atoms. The monoisotopic (exact) mass is 498 g/mol. The Bertz CT molecular complexity index is 984. The van der Waals surface area contributed by atoms with Crippen molar-refractivity contribution < 1.29 is 29.0 Å². The van der Waals surface area contributed by atoms with Crippen LogP contribution in [0.5, 0.6) is 0 Å². The van der Waals surface area contributed by atoms with Crippen LogP contribution in [0.2, 0.25) is 0 Å². The number of aliphatic hydroxyl groups excluding tert-OH is 1. The topological polar surface area (TPSA) is 96.4 Å². The first-order chi connectivity index (χ1) is 17.3. The third kappa shape index (κ3) is 4.24. The second kappa shape index (κ2) is 10.7. The Morgan fingerprint density at radius 3 is 2.67 bits per heavy atom. The molecule has 1 aromatic rings. The van der Waals surface area contributed by atoms with Gasteiger partial charge in [-0.1, -0.05) is 56.7 Å². The van der Waals surface area contributed by atoms with Crippen LogP contribution >= 0.6 is 0 Å². The highest BCUT2D eigenvalue weighted by Gasteiger charge is 2.75. The Kier molecular flexibility index (Phi) is 7.85. The molecule has 4 rings (SSSR count). The van der Waals surface area contributed by atoms with Crippen LogP contribution in [-0.4, -0.2) is 76.2 Å². The summed E-state index contributed by atoms with van der Waals surface area (Å²) < 4.78 is 11.8. The van der Waals surface area contributed by atoms with E-state index in [1.165, 1.54) is 0 Å². The Labute approximate surface area is 213 Å². The number of likely N-dealkylation sites (tertiary alicyclic amines) is 1. The van der Waals surface area contributed by atoms with Crippen LogP contribution in [0.1, 0.15) is 45.6 Å². The fourth-order valence-corrected chi connectivity index (χ4v) is 6.41. The molecule has 3 fully saturated rings. The largest absolute Gasteiger partial charge is 0.466 e. The summed E-state index contributed by atoms with van der Waals surface area (Å²) in [5, 5.41) is 10.4. The van der Waals surface area contributed by atoms with E-state index in [1.807, 2.05) is 44.2 Å². The number of aliphatic hydroxyl groups is 1. The zero-order valence-corrected chi connectivity index (χ0v) is 21.5. The lowest BCUT2D eigenvalue weighted by atomic mass is 9.70. The molecule has 1 aromatic carbocycles. The van der Waals surface area contributed by atoms with E-state index in [0.29, 0.717) is 25.9 Å². The van der Waals surface area contributed by atoms with Gasteiger partial charge in [0.25, 0.3) is 0 Å². The van der Waals surface area contributed by atoms with Gasteiger partial charge in [0.1, 0.15) is 11.6 Å². The zero-order valence-electron chi connectivity index (χ0n) is 21.5. The van der Waals surface area contributed by atoms with Crippen LogP contribution in [0.3, 0.4) is 0 Å². The number of hydrogen-bond acceptors (Lipinski definition) is 6. The third-order valence-electron chi connectivity index (χ3n) is 8.25. The number of benzene rings is 1. The molecule has 3 aliphatic rings. The predicted octanol–water partition coefficient (Wildman–Crippen LogP) is 2.55. The Morgan fingerprint density at radius 2 is 2.06 bits per heavy atom. The highest BCUT2D eigenvalue weighted by Crippen LogP contribution is 2.59. The molecule has 2 bridgehead atoms. The van der Waals surface area contributed by atoms with Crippen molar-refractivity contribution in [2.45, 2.75) is 70.4 Å². The van der Waals surface area contributed by atoms with Crippen molar-refractivity contribution in [2.24, 2.45) is 17.8 Å². The van der Waals surface area contributed by atoms with Gasteiger partial charge >= 0.3 is 5.97 Å². The molecular formula is C28H38N2O6. The van der Waals surface area contributed by atoms with Crippen molar-refractivity contribution in [1.82, 2.24) is 9.80 Å². The average Bonchev–Trinajstić information content (AvgIpc) is 3.52. The number of rotatable bonds is 11. The van der Waals surface area contributed by atoms with Gasteiger partial charge in [-0.15, -0.1) is 6.58 Å². The molecule has 8 nitrogen and oxygen atoms in total. The molecule has 0 saturated carbocycles. The van der Waals surface area contributed by atoms with Crippen molar-refractivity contribution in [3.05, 3.63) is 48.6 Å². The number of carbonyl (C=O) groups is 3. The smallest absolute Gasteiger partial charge is 0.312 e. The summed E-state index contributed by atoms with van der Waals surface area (Å²) in [4.78, 5) is 44.7. The molecule has 0 aliphatic carbocycles. The van der Waals surface area contributed by atoms with Crippen molar-refractivity contribution >= 4 is 17.8 Å². The summed E-state index contributed by atoms with van der Waals surface area (Å²) in [6, 6.07) is 8.16. The molecule has 3 saturated heterocycles. The highest BCUT2D eigenvalue weighted by atomic mass is 16.6. The fourth-order valence-electron chi connectivity index (χ4n) is 6.41. The molecule has 7 atom stereocenters. The quantitative estimate of drug-likeness (QED) is 0.372. The van der Waals surface area contributed by atoms with Gasteiger partial charge in [0.2, 0.25) is 11.8 Å². The van der Waals surface area contributed by atoms with Crippen LogP contribution < -0.4 is 0 Å². The Hall–Kier alpha value is -2.71. The molecule has 0 unspecified atom stereocenters. The number of ether oxygens (including phenoxy) is 2. The summed E-state index contributed by atoms with van der Waals surface area (Å²) in [5.41, 5.74) is -0.160. The summed E-state index contributed by atoms with van der Waals surface area (Å²) >= 11 is 0. The normalized spacial score (nSPS) is 30.1. The zero-order chi connectivity index (χ0) is 26.0. The first-order valence-corrected chi connectivity index (χ1v) is 13.1. The first-order valence-electron chi connectivity index (χ1n) is 13.1. The maximum absolute atomic E-state index is 14.4. The number of amides is 2. The number of fused-ring (bicyclic) bond motifs is 1. The van der Waals surface area contributed by atoms with E-state index >= 15 is 0 Å². The minimum atomic E-state index is -1.12. The summed E-state index contributed by atoms with van der Waals surface area (Å²) in [6.45, 7) is 10.1. The molecule has 0 radical (unpaired) electrons. The Morgan fingerprint density at radius 1 is 1.33 bits per heavy atom. The molecule has 8 heteroatoms. The van der Waals surface area contributed by atoms with E-state index in [-0.39, 0.29) is 30.9 Å². The van der Waals surface area contributed by atoms with Gasteiger partial charge in [0, 0.05) is 13.1 Å². The van der Waals surface area contributed by atoms with Crippen LogP contribution in [0.4, 0.5) is 0 Å². The lowest BCUT2D eigenvalue weighted by Gasteiger charge is -2.41. The van der Waals surface area contributed by atoms with Gasteiger partial charge in [-0.2, -0.15) is 0 Å². The minimum Gasteiger partial charge on any atom is -0.466 e. The second-order valence-corrected chi connectivity index (χ2v) is 10.2. The molecule has 3 aliphatic heterocycles. The van der Waals surface area contributed by atoms with Crippen molar-refractivity contribution in [2.75, 3.05) is 19.8 Å². The maximum atomic E-state index is 14.4. The number of nitrogens with zero attached hydrogens (tertiary/aromatic N) is 2. The third-order valence-corrected chi connectivity index (χ3v) is 8.25. The van der Waals surface area contributed by atoms with Gasteiger partial charge in [-0.25, -0.2) is 0 Å². The van der Waals surface area contributed by atoms with Crippen LogP contribution in [0.25, 0.3) is 0 Å². The van der Waals surface area contributed by atoms with E-state index in [4.69, 9.17) is 9.47 Å². The van der Waals surface area contributed by atoms with Crippen molar-refractivity contribution in [3.63, 3.8) is 0 Å². The van der Waals surface area contributed by atoms with Gasteiger partial charge in [0.15, 0.2) is 0 Å². The first kappa shape index (κ1) is 26.4. The lowest BCUT2D eigenvalue weighted by molar-refractivity contribution is -0.157. The van der Waals surface area contributed by atoms with Crippen LogP contribution in [0, 0.1) is 17.8 Å². The Balaban J connectivity index is 1.78. The maximum Gasteiger partial charge on any atom is 0.312 e. The average molecular weight is 499 g/mol. The van der Waals surface area contributed by atoms with E-state index in [2.05, 4.69) is 6.58 Å². The predicted molar refractivity (Wildman–Crippen MR) is 133 cm³/mol. The van der Waals surface area contributed by atoms with E-state index in [9.17, 15) is 19.5 Å². The van der Waals surface area contributed by atoms with Gasteiger partial charge in [0.05, 0.1) is 37.2 Å². The molecule has 2 amide bonds. The fraction of sp³-hybridized carbons (Fsp3) is 0.607. The highest BCUT2D eigenvalue weighted by molar-refractivity contribution is 5.98. The second-order valence-electron chi connectivity index (χ2n) is 10.2. The van der Waals surface area contributed by atoms with Crippen molar-refractivity contribution in [3.8, 4) is 0 Å². The molecule has 1 N–H and O–H groups in total. The van der Waals surface area contributed by atoms with Crippen molar-refractivity contribution in [1.29, 1.82) is 0 Å². The number of carbonyl (C=O) groups excluding carboxylic acids is 3. The summed E-state index contributed by atoms with van der Waals surface area (Å²) in [6.07, 6.45) is 3.03. The number of hydrogen-bond donors (Lipinski definition) is 1. The summed E-state index contributed by atoms with van der Waals surface area (Å²) in [7, 11) is 0. The van der Waals surface area contributed by atoms with E-state index < -0.39 is 41.6 Å². The SMILES string of the molecule is C=CCN(Cc1ccccc1)C(=O)[C@@H]1N([C@@H](CO)[C@@H](C)CC)C(=O)[C@H]2[C@H](C(=O)OCC)[C@@H]3CC[C@]12O3. The van der Waals surface area contributed by atoms with Crippen LogP contribution in [0.15, 0.2) is 43.0 Å². The molecule has 0 aromatic heterocycles. The summed E-state index contributed by atoms with van der Waals surface area (Å²) in [5.74, 6) is -2.60. The van der Waals surface area contributed by atoms with Gasteiger partial charge in [-0.3, -0.25) is 14.4 Å². The molecular weight excluding hydrogens is 460 g/mol. The van der Waals surface area contributed by atoms with E-state index in [1.54, 1.807) is 22.8 Å². The molecule has 36 heavy (non-hydrogen) atoms.